The van der Waals surface area contributed by atoms with E-state index < -0.39 is 11.9 Å². The van der Waals surface area contributed by atoms with E-state index in [9.17, 15) is 9.59 Å². The number of nitrogens with two attached hydrogens (primary N) is 2. The molecule has 0 heterocycles. The summed E-state index contributed by atoms with van der Waals surface area (Å²) < 4.78 is 0. The molecule has 0 aliphatic heterocycles. The summed E-state index contributed by atoms with van der Waals surface area (Å²) in [5.41, 5.74) is 5.56. The molecule has 0 radical (unpaired) electrons. The van der Waals surface area contributed by atoms with Gasteiger partial charge in [-0.3, -0.25) is 14.6 Å². The fourth-order valence-electron chi connectivity index (χ4n) is 1.98. The third-order valence-corrected chi connectivity index (χ3v) is 3.16. The van der Waals surface area contributed by atoms with Gasteiger partial charge in [-0.25, -0.2) is 0 Å². The molecule has 0 aromatic heterocycles. The van der Waals surface area contributed by atoms with Gasteiger partial charge in [0.15, 0.2) is 0 Å². The van der Waals surface area contributed by atoms with Gasteiger partial charge in [-0.05, 0) is 13.3 Å². The Labute approximate surface area is 132 Å². The molecule has 0 aromatic rings. The highest BCUT2D eigenvalue weighted by Crippen LogP contribution is 2.05. The summed E-state index contributed by atoms with van der Waals surface area (Å²) in [6.07, 6.45) is 7.17. The highest BCUT2D eigenvalue weighted by molar-refractivity contribution is 6.33. The number of nitrogens with one attached hydrogen (secondary N) is 1. The molecule has 0 aliphatic rings. The molecule has 0 spiro atoms. The average Bonchev–Trinajstić information content (AvgIpc) is 2.47. The van der Waals surface area contributed by atoms with Gasteiger partial charge in [-0.1, -0.05) is 32.6 Å². The van der Waals surface area contributed by atoms with Crippen LogP contribution in [0.15, 0.2) is 10.1 Å². The van der Waals surface area contributed by atoms with Crippen molar-refractivity contribution in [3.63, 3.8) is 0 Å². The molecule has 0 saturated heterocycles. The fraction of sp³-hybridized carbons (Fsp3) is 0.733. The van der Waals surface area contributed by atoms with Gasteiger partial charge in [-0.15, -0.1) is 0 Å². The molecule has 7 nitrogen and oxygen atoms in total. The zero-order chi connectivity index (χ0) is 16.8. The van der Waals surface area contributed by atoms with E-state index >= 15 is 0 Å². The number of nitrogens with zero attached hydrogens (tertiary/aromatic N) is 2. The van der Waals surface area contributed by atoms with Gasteiger partial charge in [0.1, 0.15) is 5.71 Å². The summed E-state index contributed by atoms with van der Waals surface area (Å²) in [5.74, 6) is 4.65. The third kappa shape index (κ3) is 9.90. The first-order valence-electron chi connectivity index (χ1n) is 7.90. The van der Waals surface area contributed by atoms with Crippen LogP contribution in [0.25, 0.3) is 0 Å². The fourth-order valence-corrected chi connectivity index (χ4v) is 1.98. The first-order chi connectivity index (χ1) is 10.5. The van der Waals surface area contributed by atoms with Gasteiger partial charge in [0.2, 0.25) is 11.8 Å². The summed E-state index contributed by atoms with van der Waals surface area (Å²) >= 11 is 0. The minimum atomic E-state index is -0.624. The first kappa shape index (κ1) is 20.1. The van der Waals surface area contributed by atoms with Crippen LogP contribution >= 0.6 is 0 Å². The Morgan fingerprint density at radius 3 is 2.41 bits per heavy atom. The molecule has 22 heavy (non-hydrogen) atoms. The van der Waals surface area contributed by atoms with Crippen LogP contribution in [-0.4, -0.2) is 36.3 Å². The third-order valence-electron chi connectivity index (χ3n) is 3.16. The summed E-state index contributed by atoms with van der Waals surface area (Å²) in [4.78, 5) is 27.1. The number of hydrogen-bond donors (Lipinski definition) is 3. The van der Waals surface area contributed by atoms with Crippen LogP contribution in [0.5, 0.6) is 0 Å². The lowest BCUT2D eigenvalue weighted by molar-refractivity contribution is -0.122. The van der Waals surface area contributed by atoms with Crippen molar-refractivity contribution in [2.24, 2.45) is 21.7 Å². The summed E-state index contributed by atoms with van der Waals surface area (Å²) in [7, 11) is 0. The van der Waals surface area contributed by atoms with Crippen molar-refractivity contribution in [2.45, 2.75) is 64.8 Å². The highest BCUT2D eigenvalue weighted by atomic mass is 16.2. The normalized spacial score (nSPS) is 13.3. The van der Waals surface area contributed by atoms with E-state index in [1.54, 1.807) is 0 Å². The van der Waals surface area contributed by atoms with Crippen LogP contribution in [0.3, 0.4) is 0 Å². The lowest BCUT2D eigenvalue weighted by atomic mass is 10.1. The maximum Gasteiger partial charge on any atom is 0.220 e. The summed E-state index contributed by atoms with van der Waals surface area (Å²) in [5, 5.41) is 6.36. The number of aliphatic imine (C=N–C) groups is 1. The molecule has 0 unspecified atom stereocenters. The molecular weight excluding hydrogens is 282 g/mol. The summed E-state index contributed by atoms with van der Waals surface area (Å²) in [6.45, 7) is 4.57. The van der Waals surface area contributed by atoms with Crippen LogP contribution in [0, 0.1) is 0 Å². The van der Waals surface area contributed by atoms with E-state index in [0.29, 0.717) is 18.7 Å². The van der Waals surface area contributed by atoms with Gasteiger partial charge < -0.3 is 16.9 Å². The van der Waals surface area contributed by atoms with Gasteiger partial charge in [0, 0.05) is 19.2 Å². The molecule has 0 saturated carbocycles. The molecule has 7 heteroatoms. The molecule has 0 bridgehead atoms. The van der Waals surface area contributed by atoms with Crippen molar-refractivity contribution >= 4 is 23.7 Å². The van der Waals surface area contributed by atoms with E-state index in [1.807, 2.05) is 6.92 Å². The SMILES string of the molecule is CCCCCCCC(=O)N[C@H](CC(N)=O)/C(C=NCC)=N/N. The molecule has 5 N–H and O–H groups in total. The number of carbonyl (C=O) groups is 2. The van der Waals surface area contributed by atoms with Crippen LogP contribution in [-0.2, 0) is 9.59 Å². The second-order valence-electron chi connectivity index (χ2n) is 5.14. The van der Waals surface area contributed by atoms with Crippen LogP contribution < -0.4 is 16.9 Å². The van der Waals surface area contributed by atoms with Gasteiger partial charge in [0.25, 0.3) is 0 Å². The lowest BCUT2D eigenvalue weighted by Crippen LogP contribution is -2.44. The number of hydrazone groups is 1. The van der Waals surface area contributed by atoms with E-state index in [0.717, 1.165) is 19.3 Å². The second kappa shape index (κ2) is 12.8. The standard InChI is InChI=1S/C15H29N5O2/c1-3-5-6-7-8-9-15(22)19-12(10-14(16)21)13(20-17)11-18-4-2/h11-12H,3-10,17H2,1-2H3,(H2,16,21)(H,19,22)/b18-11?,20-13+/t12-/m1/s1. The Kier molecular flexibility index (Phi) is 11.7. The van der Waals surface area contributed by atoms with E-state index in [1.165, 1.54) is 19.1 Å². The Morgan fingerprint density at radius 2 is 1.86 bits per heavy atom. The van der Waals surface area contributed by atoms with Crippen molar-refractivity contribution in [3.05, 3.63) is 0 Å². The minimum absolute atomic E-state index is 0.0483. The Bertz CT molecular complexity index is 393. The molecule has 0 rings (SSSR count). The van der Waals surface area contributed by atoms with Crippen molar-refractivity contribution in [1.82, 2.24) is 5.32 Å². The van der Waals surface area contributed by atoms with Crippen molar-refractivity contribution in [2.75, 3.05) is 6.54 Å². The maximum absolute atomic E-state index is 12.0. The maximum atomic E-state index is 12.0. The molecule has 0 aromatic carbocycles. The quantitative estimate of drug-likeness (QED) is 0.216. The van der Waals surface area contributed by atoms with Crippen molar-refractivity contribution in [3.8, 4) is 0 Å². The van der Waals surface area contributed by atoms with Crippen molar-refractivity contribution < 1.29 is 9.59 Å². The monoisotopic (exact) mass is 311 g/mol. The predicted molar refractivity (Wildman–Crippen MR) is 89.8 cm³/mol. The van der Waals surface area contributed by atoms with E-state index in [4.69, 9.17) is 11.6 Å². The zero-order valence-corrected chi connectivity index (χ0v) is 13.7. The number of hydrogen-bond acceptors (Lipinski definition) is 5. The van der Waals surface area contributed by atoms with Gasteiger partial charge in [-0.2, -0.15) is 5.10 Å². The van der Waals surface area contributed by atoms with E-state index in [-0.39, 0.29) is 12.3 Å². The van der Waals surface area contributed by atoms with Crippen LogP contribution in [0.2, 0.25) is 0 Å². The average molecular weight is 311 g/mol. The smallest absolute Gasteiger partial charge is 0.220 e. The van der Waals surface area contributed by atoms with Gasteiger partial charge >= 0.3 is 0 Å². The zero-order valence-electron chi connectivity index (χ0n) is 13.7. The second-order valence-corrected chi connectivity index (χ2v) is 5.14. The highest BCUT2D eigenvalue weighted by Gasteiger charge is 2.19. The molecular formula is C15H29N5O2. The van der Waals surface area contributed by atoms with Crippen molar-refractivity contribution in [1.29, 1.82) is 0 Å². The molecule has 1 atom stereocenters. The number of amides is 2. The lowest BCUT2D eigenvalue weighted by Gasteiger charge is -2.16. The number of carbonyl (C=O) groups excluding carboxylic acids is 2. The van der Waals surface area contributed by atoms with Crippen LogP contribution in [0.1, 0.15) is 58.8 Å². The molecule has 0 aliphatic carbocycles. The van der Waals surface area contributed by atoms with Gasteiger partial charge in [0.05, 0.1) is 12.5 Å². The minimum Gasteiger partial charge on any atom is -0.370 e. The van der Waals surface area contributed by atoms with Crippen LogP contribution in [0.4, 0.5) is 0 Å². The Morgan fingerprint density at radius 1 is 1.18 bits per heavy atom. The number of primary amides is 1. The number of unbranched alkanes of at least 4 members (excludes halogenated alkanes) is 4. The summed E-state index contributed by atoms with van der Waals surface area (Å²) in [6, 6.07) is -0.624. The largest absolute Gasteiger partial charge is 0.370 e. The molecule has 126 valence electrons. The Balaban J connectivity index is 4.48. The topological polar surface area (TPSA) is 123 Å². The molecule has 0 fully saturated rings. The number of rotatable bonds is 12. The first-order valence-corrected chi connectivity index (χ1v) is 7.90. The van der Waals surface area contributed by atoms with E-state index in [2.05, 4.69) is 22.3 Å². The Hall–Kier alpha value is -1.92. The molecule has 2 amide bonds. The predicted octanol–water partition coefficient (Wildman–Crippen LogP) is 1.11.